The van der Waals surface area contributed by atoms with E-state index in [0.29, 0.717) is 12.0 Å². The van der Waals surface area contributed by atoms with Crippen molar-refractivity contribution in [3.63, 3.8) is 0 Å². The predicted octanol–water partition coefficient (Wildman–Crippen LogP) is 1.11. The van der Waals surface area contributed by atoms with Gasteiger partial charge in [-0.25, -0.2) is 18.2 Å². The fourth-order valence-electron chi connectivity index (χ4n) is 3.47. The van der Waals surface area contributed by atoms with Gasteiger partial charge < -0.3 is 4.74 Å². The number of amides is 2. The molecule has 13 heteroatoms. The van der Waals surface area contributed by atoms with Crippen LogP contribution in [0.25, 0.3) is 10.8 Å². The normalized spacial score (nSPS) is 15.9. The maximum Gasteiger partial charge on any atom is 0.290 e. The first-order valence-electron chi connectivity index (χ1n) is 10.2. The number of hydrogen-bond acceptors (Lipinski definition) is 7. The molecule has 0 radical (unpaired) electrons. The van der Waals surface area contributed by atoms with Crippen molar-refractivity contribution < 1.29 is 22.7 Å². The van der Waals surface area contributed by atoms with E-state index in [1.807, 2.05) is 0 Å². The number of fused-ring (bicyclic) bond motifs is 1. The van der Waals surface area contributed by atoms with Crippen LogP contribution in [0.15, 0.2) is 52.2 Å². The maximum absolute atomic E-state index is 12.7. The largest absolute Gasteiger partial charge is 0.377 e. The van der Waals surface area contributed by atoms with Crippen LogP contribution in [-0.4, -0.2) is 49.7 Å². The molecule has 1 saturated heterocycles. The summed E-state index contributed by atoms with van der Waals surface area (Å²) in [4.78, 5) is 36.7. The molecule has 1 fully saturated rings. The molecule has 1 atom stereocenters. The van der Waals surface area contributed by atoms with E-state index >= 15 is 0 Å². The Morgan fingerprint density at radius 1 is 1.12 bits per heavy atom. The summed E-state index contributed by atoms with van der Waals surface area (Å²) < 4.78 is 33.2. The molecule has 1 aromatic heterocycles. The summed E-state index contributed by atoms with van der Waals surface area (Å²) in [6.45, 7) is 0.671. The molecular formula is C21H20ClN5O6S. The number of aromatic amines is 1. The third-order valence-corrected chi connectivity index (χ3v) is 7.11. The van der Waals surface area contributed by atoms with E-state index < -0.39 is 27.4 Å². The molecule has 0 saturated carbocycles. The van der Waals surface area contributed by atoms with E-state index in [9.17, 15) is 22.8 Å². The lowest BCUT2D eigenvalue weighted by atomic mass is 10.1. The summed E-state index contributed by atoms with van der Waals surface area (Å²) in [6, 6.07) is 10.1. The van der Waals surface area contributed by atoms with Gasteiger partial charge in [0.1, 0.15) is 4.90 Å². The molecular weight excluding hydrogens is 486 g/mol. The first-order chi connectivity index (χ1) is 16.3. The summed E-state index contributed by atoms with van der Waals surface area (Å²) >= 11 is 6.07. The van der Waals surface area contributed by atoms with Gasteiger partial charge in [-0.3, -0.25) is 25.2 Å². The zero-order chi connectivity index (χ0) is 24.3. The van der Waals surface area contributed by atoms with Gasteiger partial charge in [-0.15, -0.1) is 0 Å². The van der Waals surface area contributed by atoms with E-state index in [0.717, 1.165) is 18.9 Å². The summed E-state index contributed by atoms with van der Waals surface area (Å²) in [7, 11) is -4.01. The molecule has 2 amide bonds. The number of aromatic nitrogens is 2. The number of hydrazine groups is 1. The second-order valence-corrected chi connectivity index (χ2v) is 9.63. The number of benzene rings is 2. The van der Waals surface area contributed by atoms with Crippen molar-refractivity contribution in [1.82, 2.24) is 25.8 Å². The maximum atomic E-state index is 12.7. The van der Waals surface area contributed by atoms with Crippen molar-refractivity contribution in [3.05, 3.63) is 69.1 Å². The van der Waals surface area contributed by atoms with E-state index in [1.165, 1.54) is 18.2 Å². The van der Waals surface area contributed by atoms with Gasteiger partial charge in [0.05, 0.1) is 16.5 Å². The second kappa shape index (κ2) is 9.89. The van der Waals surface area contributed by atoms with Crippen molar-refractivity contribution >= 4 is 44.2 Å². The molecule has 0 unspecified atom stereocenters. The van der Waals surface area contributed by atoms with E-state index in [-0.39, 0.29) is 39.2 Å². The molecule has 1 aliphatic rings. The van der Waals surface area contributed by atoms with Crippen LogP contribution < -0.4 is 21.1 Å². The summed E-state index contributed by atoms with van der Waals surface area (Å²) in [6.07, 6.45) is 1.39. The number of nitrogens with zero attached hydrogens (tertiary/aromatic N) is 1. The molecule has 34 heavy (non-hydrogen) atoms. The molecule has 4 N–H and O–H groups in total. The van der Waals surface area contributed by atoms with Gasteiger partial charge in [0.25, 0.3) is 17.4 Å². The first-order valence-corrected chi connectivity index (χ1v) is 12.1. The van der Waals surface area contributed by atoms with E-state index in [4.69, 9.17) is 16.3 Å². The highest BCUT2D eigenvalue weighted by Crippen LogP contribution is 2.23. The minimum Gasteiger partial charge on any atom is -0.377 e. The Hall–Kier alpha value is -3.32. The minimum atomic E-state index is -4.01. The van der Waals surface area contributed by atoms with Crippen LogP contribution in [0.4, 0.5) is 0 Å². The van der Waals surface area contributed by atoms with Crippen molar-refractivity contribution in [3.8, 4) is 0 Å². The van der Waals surface area contributed by atoms with E-state index in [1.54, 1.807) is 18.2 Å². The van der Waals surface area contributed by atoms with Gasteiger partial charge in [-0.05, 0) is 37.1 Å². The van der Waals surface area contributed by atoms with Crippen molar-refractivity contribution in [2.24, 2.45) is 0 Å². The Bertz CT molecular complexity index is 1420. The van der Waals surface area contributed by atoms with Gasteiger partial charge >= 0.3 is 0 Å². The number of H-pyrrole nitrogens is 1. The van der Waals surface area contributed by atoms with Gasteiger partial charge in [0.15, 0.2) is 5.69 Å². The van der Waals surface area contributed by atoms with Crippen LogP contribution >= 0.6 is 11.6 Å². The Balaban J connectivity index is 1.47. The molecule has 178 valence electrons. The van der Waals surface area contributed by atoms with Crippen LogP contribution in [0.3, 0.4) is 0 Å². The lowest BCUT2D eigenvalue weighted by Gasteiger charge is -2.13. The summed E-state index contributed by atoms with van der Waals surface area (Å²) in [5.41, 5.74) is 3.79. The molecule has 11 nitrogen and oxygen atoms in total. The first kappa shape index (κ1) is 23.8. The Labute approximate surface area is 198 Å². The molecule has 0 spiro atoms. The fourth-order valence-corrected chi connectivity index (χ4v) is 5.06. The number of halogens is 1. The smallest absolute Gasteiger partial charge is 0.290 e. The SMILES string of the molecule is O=C(NNC(=O)c1n[nH]c(=O)c2ccccc12)c1ccc(Cl)c(S(=O)(=O)NC[C@@H]2CCCO2)c1. The van der Waals surface area contributed by atoms with Crippen molar-refractivity contribution in [1.29, 1.82) is 0 Å². The fraction of sp³-hybridized carbons (Fsp3) is 0.238. The average molecular weight is 506 g/mol. The lowest BCUT2D eigenvalue weighted by Crippen LogP contribution is -2.42. The van der Waals surface area contributed by atoms with E-state index in [2.05, 4.69) is 25.8 Å². The zero-order valence-corrected chi connectivity index (χ0v) is 19.2. The van der Waals surface area contributed by atoms with Gasteiger partial charge in [0, 0.05) is 24.1 Å². The van der Waals surface area contributed by atoms with Gasteiger partial charge in [-0.1, -0.05) is 29.8 Å². The van der Waals surface area contributed by atoms with Crippen molar-refractivity contribution in [2.75, 3.05) is 13.2 Å². The van der Waals surface area contributed by atoms with Crippen LogP contribution in [0.2, 0.25) is 5.02 Å². The topological polar surface area (TPSA) is 159 Å². The summed E-state index contributed by atoms with van der Waals surface area (Å²) in [5, 5.41) is 6.48. The minimum absolute atomic E-state index is 0.0542. The Morgan fingerprint density at radius 2 is 1.85 bits per heavy atom. The van der Waals surface area contributed by atoms with Crippen LogP contribution in [-0.2, 0) is 14.8 Å². The third kappa shape index (κ3) is 5.09. The zero-order valence-electron chi connectivity index (χ0n) is 17.6. The number of sulfonamides is 1. The Kier molecular flexibility index (Phi) is 6.93. The van der Waals surface area contributed by atoms with Crippen LogP contribution in [0.5, 0.6) is 0 Å². The lowest BCUT2D eigenvalue weighted by molar-refractivity contribution is 0.0844. The monoisotopic (exact) mass is 505 g/mol. The number of carbonyl (C=O) groups is 2. The predicted molar refractivity (Wildman–Crippen MR) is 123 cm³/mol. The molecule has 1 aliphatic heterocycles. The molecule has 2 heterocycles. The Morgan fingerprint density at radius 3 is 2.59 bits per heavy atom. The molecule has 2 aromatic carbocycles. The molecule has 0 bridgehead atoms. The quantitative estimate of drug-likeness (QED) is 0.365. The average Bonchev–Trinajstić information content (AvgIpc) is 3.35. The molecule has 4 rings (SSSR count). The third-order valence-electron chi connectivity index (χ3n) is 5.21. The second-order valence-electron chi connectivity index (χ2n) is 7.49. The molecule has 3 aromatic rings. The molecule has 0 aliphatic carbocycles. The highest BCUT2D eigenvalue weighted by atomic mass is 35.5. The highest BCUT2D eigenvalue weighted by Gasteiger charge is 2.24. The van der Waals surface area contributed by atoms with Crippen LogP contribution in [0, 0.1) is 0 Å². The van der Waals surface area contributed by atoms with Gasteiger partial charge in [0.2, 0.25) is 10.0 Å². The van der Waals surface area contributed by atoms with Crippen LogP contribution in [0.1, 0.15) is 33.7 Å². The number of rotatable bonds is 6. The number of carbonyl (C=O) groups excluding carboxylic acids is 2. The highest BCUT2D eigenvalue weighted by molar-refractivity contribution is 7.89. The number of nitrogens with one attached hydrogen (secondary N) is 4. The number of ether oxygens (including phenoxy) is 1. The van der Waals surface area contributed by atoms with Gasteiger partial charge in [-0.2, -0.15) is 5.10 Å². The summed E-state index contributed by atoms with van der Waals surface area (Å²) in [5.74, 6) is -1.56. The standard InChI is InChI=1S/C21H20ClN5O6S/c22-16-8-7-12(10-17(16)34(31,32)23-11-13-4-3-9-33-13)19(28)25-27-21(30)18-14-5-1-2-6-15(14)20(29)26-24-18/h1-2,5-8,10,13,23H,3-4,9,11H2,(H,25,28)(H,26,29)(H,27,30)/t13-/m0/s1. The van der Waals surface area contributed by atoms with Crippen molar-refractivity contribution in [2.45, 2.75) is 23.8 Å². The number of hydrogen-bond donors (Lipinski definition) is 4.